The van der Waals surface area contributed by atoms with Crippen LogP contribution < -0.4 is 5.32 Å². The van der Waals surface area contributed by atoms with Crippen molar-refractivity contribution in [3.63, 3.8) is 0 Å². The monoisotopic (exact) mass is 263 g/mol. The highest BCUT2D eigenvalue weighted by Crippen LogP contribution is 2.50. The van der Waals surface area contributed by atoms with Crippen LogP contribution in [0.1, 0.15) is 44.9 Å². The maximum absolute atomic E-state index is 12.5. The molecule has 4 aliphatic carbocycles. The second kappa shape index (κ2) is 4.47. The second-order valence-corrected chi connectivity index (χ2v) is 7.50. The van der Waals surface area contributed by atoms with Gasteiger partial charge in [0.15, 0.2) is 0 Å². The lowest BCUT2D eigenvalue weighted by Gasteiger charge is -2.32. The molecular formula is C16H25NO2. The summed E-state index contributed by atoms with van der Waals surface area (Å²) in [7, 11) is 0. The van der Waals surface area contributed by atoms with E-state index >= 15 is 0 Å². The van der Waals surface area contributed by atoms with Gasteiger partial charge in [-0.25, -0.2) is 0 Å². The molecule has 0 radical (unpaired) electrons. The van der Waals surface area contributed by atoms with E-state index in [1.165, 1.54) is 38.5 Å². The Labute approximate surface area is 115 Å². The third kappa shape index (κ3) is 1.84. The van der Waals surface area contributed by atoms with Gasteiger partial charge in [0, 0.05) is 24.5 Å². The summed E-state index contributed by atoms with van der Waals surface area (Å²) in [6.45, 7) is 0.253. The van der Waals surface area contributed by atoms with E-state index in [-0.39, 0.29) is 18.6 Å². The minimum atomic E-state index is 0.253. The molecule has 0 aliphatic heterocycles. The van der Waals surface area contributed by atoms with Gasteiger partial charge in [0.25, 0.3) is 0 Å². The van der Waals surface area contributed by atoms with E-state index in [9.17, 15) is 9.90 Å². The van der Waals surface area contributed by atoms with Crippen molar-refractivity contribution >= 4 is 5.91 Å². The van der Waals surface area contributed by atoms with Crippen molar-refractivity contribution in [2.24, 2.45) is 35.5 Å². The summed E-state index contributed by atoms with van der Waals surface area (Å²) in [5.41, 5.74) is 0. The van der Waals surface area contributed by atoms with Gasteiger partial charge in [-0.15, -0.1) is 0 Å². The van der Waals surface area contributed by atoms with Crippen LogP contribution in [0, 0.1) is 35.5 Å². The minimum Gasteiger partial charge on any atom is -0.396 e. The summed E-state index contributed by atoms with van der Waals surface area (Å²) in [4.78, 5) is 12.5. The average molecular weight is 263 g/mol. The van der Waals surface area contributed by atoms with Crippen LogP contribution in [0.25, 0.3) is 0 Å². The Bertz CT molecular complexity index is 383. The third-order valence-corrected chi connectivity index (χ3v) is 6.68. The lowest BCUT2D eigenvalue weighted by molar-refractivity contribution is -0.128. The van der Waals surface area contributed by atoms with Gasteiger partial charge < -0.3 is 10.4 Å². The van der Waals surface area contributed by atoms with Crippen LogP contribution >= 0.6 is 0 Å². The van der Waals surface area contributed by atoms with Gasteiger partial charge in [0.05, 0.1) is 0 Å². The highest BCUT2D eigenvalue weighted by atomic mass is 16.3. The summed E-state index contributed by atoms with van der Waals surface area (Å²) >= 11 is 0. The van der Waals surface area contributed by atoms with Crippen molar-refractivity contribution in [1.29, 1.82) is 0 Å². The summed E-state index contributed by atoms with van der Waals surface area (Å²) in [5, 5.41) is 12.9. The molecule has 0 aromatic rings. The molecule has 0 aromatic carbocycles. The Morgan fingerprint density at radius 2 is 1.79 bits per heavy atom. The molecule has 4 rings (SSSR count). The van der Waals surface area contributed by atoms with Gasteiger partial charge in [-0.3, -0.25) is 4.79 Å². The molecule has 7 atom stereocenters. The van der Waals surface area contributed by atoms with Crippen molar-refractivity contribution in [3.05, 3.63) is 0 Å². The predicted octanol–water partition coefficient (Wildman–Crippen LogP) is 1.95. The van der Waals surface area contributed by atoms with Crippen molar-refractivity contribution in [2.45, 2.75) is 51.0 Å². The summed E-state index contributed by atoms with van der Waals surface area (Å²) < 4.78 is 0. The van der Waals surface area contributed by atoms with Crippen LogP contribution in [0.2, 0.25) is 0 Å². The molecule has 3 nitrogen and oxygen atoms in total. The first-order valence-corrected chi connectivity index (χ1v) is 8.17. The largest absolute Gasteiger partial charge is 0.396 e. The number of hydrogen-bond acceptors (Lipinski definition) is 2. The van der Waals surface area contributed by atoms with Crippen LogP contribution in [-0.4, -0.2) is 23.7 Å². The van der Waals surface area contributed by atoms with Crippen LogP contribution in [0.3, 0.4) is 0 Å². The predicted molar refractivity (Wildman–Crippen MR) is 72.3 cm³/mol. The zero-order valence-corrected chi connectivity index (χ0v) is 11.6. The summed E-state index contributed by atoms with van der Waals surface area (Å²) in [6.07, 6.45) is 8.77. The van der Waals surface area contributed by atoms with E-state index < -0.39 is 0 Å². The normalized spacial score (nSPS) is 50.9. The number of rotatable bonds is 3. The number of amides is 1. The van der Waals surface area contributed by atoms with E-state index in [0.717, 1.165) is 12.3 Å². The number of carbonyl (C=O) groups excluding carboxylic acids is 1. The van der Waals surface area contributed by atoms with Gasteiger partial charge in [0.2, 0.25) is 5.91 Å². The maximum atomic E-state index is 12.5. The summed E-state index contributed by atoms with van der Waals surface area (Å²) in [6, 6.07) is 0.273. The average Bonchev–Trinajstić information content (AvgIpc) is 3.18. The topological polar surface area (TPSA) is 49.3 Å². The number of aliphatic hydroxyl groups is 1. The molecule has 4 fully saturated rings. The van der Waals surface area contributed by atoms with Crippen LogP contribution in [0.15, 0.2) is 0 Å². The Morgan fingerprint density at radius 3 is 2.47 bits per heavy atom. The molecular weight excluding hydrogens is 238 g/mol. The van der Waals surface area contributed by atoms with Crippen molar-refractivity contribution in [2.75, 3.05) is 6.61 Å². The lowest BCUT2D eigenvalue weighted by Crippen LogP contribution is -2.48. The molecule has 0 saturated heterocycles. The molecule has 7 unspecified atom stereocenters. The van der Waals surface area contributed by atoms with Gasteiger partial charge >= 0.3 is 0 Å². The highest BCUT2D eigenvalue weighted by Gasteiger charge is 2.49. The number of aliphatic hydroxyl groups excluding tert-OH is 1. The van der Waals surface area contributed by atoms with Crippen LogP contribution in [0.4, 0.5) is 0 Å². The van der Waals surface area contributed by atoms with Gasteiger partial charge in [-0.1, -0.05) is 6.42 Å². The molecule has 1 amide bonds. The summed E-state index contributed by atoms with van der Waals surface area (Å²) in [5.74, 6) is 3.73. The Balaban J connectivity index is 1.42. The fourth-order valence-electron chi connectivity index (χ4n) is 5.74. The molecule has 4 saturated carbocycles. The SMILES string of the molecule is O=C(NC1C2CCC(C2)C1CO)C1CC2CCC1C2. The van der Waals surface area contributed by atoms with Crippen molar-refractivity contribution in [1.82, 2.24) is 5.32 Å². The quantitative estimate of drug-likeness (QED) is 0.817. The van der Waals surface area contributed by atoms with Crippen LogP contribution in [-0.2, 0) is 4.79 Å². The first-order chi connectivity index (χ1) is 9.26. The number of nitrogens with one attached hydrogen (secondary N) is 1. The first kappa shape index (κ1) is 12.2. The van der Waals surface area contributed by atoms with Gasteiger partial charge in [-0.2, -0.15) is 0 Å². The van der Waals surface area contributed by atoms with E-state index in [2.05, 4.69) is 5.32 Å². The van der Waals surface area contributed by atoms with Gasteiger partial charge in [0.1, 0.15) is 0 Å². The molecule has 0 heterocycles. The molecule has 2 N–H and O–H groups in total. The first-order valence-electron chi connectivity index (χ1n) is 8.17. The molecule has 4 bridgehead atoms. The number of fused-ring (bicyclic) bond motifs is 4. The van der Waals surface area contributed by atoms with Crippen LogP contribution in [0.5, 0.6) is 0 Å². The fraction of sp³-hybridized carbons (Fsp3) is 0.938. The zero-order valence-electron chi connectivity index (χ0n) is 11.6. The highest BCUT2D eigenvalue weighted by molar-refractivity contribution is 5.80. The second-order valence-electron chi connectivity index (χ2n) is 7.50. The fourth-order valence-corrected chi connectivity index (χ4v) is 5.74. The van der Waals surface area contributed by atoms with E-state index in [0.29, 0.717) is 29.6 Å². The van der Waals surface area contributed by atoms with E-state index in [1.807, 2.05) is 0 Å². The number of hydrogen-bond donors (Lipinski definition) is 2. The molecule has 19 heavy (non-hydrogen) atoms. The molecule has 0 spiro atoms. The zero-order chi connectivity index (χ0) is 13.0. The van der Waals surface area contributed by atoms with E-state index in [1.54, 1.807) is 0 Å². The number of carbonyl (C=O) groups is 1. The Morgan fingerprint density at radius 1 is 1.00 bits per heavy atom. The standard InChI is InChI=1S/C16H25NO2/c18-8-14-11-3-4-12(7-11)15(14)17-16(19)13-6-9-1-2-10(13)5-9/h9-15,18H,1-8H2,(H,17,19). The molecule has 3 heteroatoms. The minimum absolute atomic E-state index is 0.253. The third-order valence-electron chi connectivity index (χ3n) is 6.68. The van der Waals surface area contributed by atoms with Crippen molar-refractivity contribution in [3.8, 4) is 0 Å². The molecule has 0 aromatic heterocycles. The Hall–Kier alpha value is -0.570. The molecule has 4 aliphatic rings. The maximum Gasteiger partial charge on any atom is 0.223 e. The lowest BCUT2D eigenvalue weighted by atomic mass is 9.83. The van der Waals surface area contributed by atoms with Crippen molar-refractivity contribution < 1.29 is 9.90 Å². The smallest absolute Gasteiger partial charge is 0.223 e. The Kier molecular flexibility index (Phi) is 2.87. The van der Waals surface area contributed by atoms with E-state index in [4.69, 9.17) is 0 Å². The molecule has 106 valence electrons. The van der Waals surface area contributed by atoms with Gasteiger partial charge in [-0.05, 0) is 62.2 Å².